The molecule has 35 heavy (non-hydrogen) atoms. The van der Waals surface area contributed by atoms with Crippen molar-refractivity contribution in [1.82, 2.24) is 0 Å². The Hall–Kier alpha value is -2.61. The predicted octanol–water partition coefficient (Wildman–Crippen LogP) is 9.45. The Labute approximate surface area is 218 Å². The van der Waals surface area contributed by atoms with E-state index in [1.807, 2.05) is 44.2 Å². The smallest absolute Gasteiger partial charge is 0.0254 e. The third-order valence-corrected chi connectivity index (χ3v) is 6.65. The van der Waals surface area contributed by atoms with Crippen molar-refractivity contribution in [3.05, 3.63) is 102 Å². The van der Waals surface area contributed by atoms with Gasteiger partial charge in [-0.25, -0.2) is 0 Å². The number of hydrogen-bond acceptors (Lipinski definition) is 0. The van der Waals surface area contributed by atoms with E-state index in [0.29, 0.717) is 8.58 Å². The van der Waals surface area contributed by atoms with Crippen molar-refractivity contribution in [2.75, 3.05) is 0 Å². The number of rotatable bonds is 9. The van der Waals surface area contributed by atoms with Gasteiger partial charge >= 0.3 is 0 Å². The number of aryl methyl sites for hydroxylation is 1. The molecule has 0 aliphatic rings. The Bertz CT molecular complexity index is 995. The van der Waals surface area contributed by atoms with Crippen LogP contribution in [0.4, 0.5) is 0 Å². The van der Waals surface area contributed by atoms with Crippen LogP contribution in [0.3, 0.4) is 0 Å². The van der Waals surface area contributed by atoms with E-state index in [1.165, 1.54) is 61.1 Å². The van der Waals surface area contributed by atoms with Crippen molar-refractivity contribution in [2.45, 2.75) is 79.6 Å². The standard InChI is InChI=1S/C23H19P.C9H20.C2H6/c1-3-19-5-4-6-21(17-19)10-9-20-11-15-23(16-12-20)24-22-13-7-18(2)8-14-22;1-3-5-7-9-8-6-4-2;1-2/h3-8,11-17,24H,1H2,2H3;3-9H2,1-2H3;1-2H3. The lowest BCUT2D eigenvalue weighted by Gasteiger charge is -2.03. The minimum absolute atomic E-state index is 0.683. The van der Waals surface area contributed by atoms with Crippen LogP contribution >= 0.6 is 8.58 Å². The second kappa shape index (κ2) is 19.7. The van der Waals surface area contributed by atoms with E-state index >= 15 is 0 Å². The molecule has 1 unspecified atom stereocenters. The van der Waals surface area contributed by atoms with Crippen LogP contribution in [0, 0.1) is 18.8 Å². The molecule has 1 heteroatoms. The fourth-order valence-corrected chi connectivity index (χ4v) is 4.36. The first-order valence-corrected chi connectivity index (χ1v) is 14.3. The van der Waals surface area contributed by atoms with Gasteiger partial charge in [0, 0.05) is 11.1 Å². The minimum Gasteiger partial charge on any atom is -0.0985 e. The highest BCUT2D eigenvalue weighted by Crippen LogP contribution is 2.12. The fourth-order valence-electron chi connectivity index (χ4n) is 3.36. The fraction of sp³-hybridized carbons (Fsp3) is 0.353. The van der Waals surface area contributed by atoms with Gasteiger partial charge in [0.15, 0.2) is 0 Å². The SMILES string of the molecule is C=Cc1cccc(C#Cc2ccc(Pc3ccc(C)cc3)cc2)c1.CC.CCCCCCCCC. The van der Waals surface area contributed by atoms with Gasteiger partial charge in [-0.05, 0) is 47.4 Å². The Morgan fingerprint density at radius 3 is 1.74 bits per heavy atom. The molecule has 3 aromatic rings. The van der Waals surface area contributed by atoms with Gasteiger partial charge in [0.05, 0.1) is 0 Å². The number of unbranched alkanes of at least 4 members (excludes halogenated alkanes) is 6. The summed E-state index contributed by atoms with van der Waals surface area (Å²) in [5, 5.41) is 2.69. The van der Waals surface area contributed by atoms with Crippen LogP contribution in [0.25, 0.3) is 6.08 Å². The van der Waals surface area contributed by atoms with Gasteiger partial charge in [-0.1, -0.05) is 160 Å². The van der Waals surface area contributed by atoms with Gasteiger partial charge in [0.2, 0.25) is 0 Å². The van der Waals surface area contributed by atoms with Crippen molar-refractivity contribution >= 4 is 25.3 Å². The third-order valence-electron chi connectivity index (χ3n) is 5.41. The average Bonchev–Trinajstić information content (AvgIpc) is 2.91. The summed E-state index contributed by atoms with van der Waals surface area (Å²) in [6.45, 7) is 14.4. The average molecular weight is 485 g/mol. The summed E-state index contributed by atoms with van der Waals surface area (Å²) < 4.78 is 0. The van der Waals surface area contributed by atoms with E-state index < -0.39 is 0 Å². The Morgan fingerprint density at radius 1 is 0.686 bits per heavy atom. The number of benzene rings is 3. The molecule has 3 aromatic carbocycles. The Balaban J connectivity index is 0.000000473. The van der Waals surface area contributed by atoms with Crippen molar-refractivity contribution in [3.8, 4) is 11.8 Å². The molecule has 3 rings (SSSR count). The van der Waals surface area contributed by atoms with Crippen molar-refractivity contribution in [1.29, 1.82) is 0 Å². The molecule has 186 valence electrons. The van der Waals surface area contributed by atoms with E-state index in [-0.39, 0.29) is 0 Å². The van der Waals surface area contributed by atoms with Crippen LogP contribution in [0.5, 0.6) is 0 Å². The molecule has 0 bridgehead atoms. The quantitative estimate of drug-likeness (QED) is 0.161. The number of hydrogen-bond donors (Lipinski definition) is 0. The van der Waals surface area contributed by atoms with Gasteiger partial charge in [-0.3, -0.25) is 0 Å². The molecule has 0 fully saturated rings. The molecule has 0 saturated carbocycles. The van der Waals surface area contributed by atoms with Crippen molar-refractivity contribution in [3.63, 3.8) is 0 Å². The monoisotopic (exact) mass is 484 g/mol. The third kappa shape index (κ3) is 13.8. The van der Waals surface area contributed by atoms with E-state index in [0.717, 1.165) is 16.7 Å². The van der Waals surface area contributed by atoms with Crippen LogP contribution in [-0.4, -0.2) is 0 Å². The maximum atomic E-state index is 3.79. The molecule has 0 amide bonds. The normalized spacial score (nSPS) is 9.86. The van der Waals surface area contributed by atoms with Crippen LogP contribution in [0.15, 0.2) is 79.4 Å². The Kier molecular flexibility index (Phi) is 17.1. The summed E-state index contributed by atoms with van der Waals surface area (Å²) in [4.78, 5) is 0. The molecule has 0 radical (unpaired) electrons. The first kappa shape index (κ1) is 30.4. The summed E-state index contributed by atoms with van der Waals surface area (Å²) in [6, 6.07) is 25.4. The van der Waals surface area contributed by atoms with E-state index in [9.17, 15) is 0 Å². The zero-order valence-corrected chi connectivity index (χ0v) is 23.7. The van der Waals surface area contributed by atoms with E-state index in [2.05, 4.69) is 87.7 Å². The predicted molar refractivity (Wildman–Crippen MR) is 163 cm³/mol. The maximum Gasteiger partial charge on any atom is 0.0254 e. The van der Waals surface area contributed by atoms with Crippen LogP contribution in [0.2, 0.25) is 0 Å². The molecular weight excluding hydrogens is 439 g/mol. The van der Waals surface area contributed by atoms with Gasteiger partial charge in [-0.15, -0.1) is 0 Å². The van der Waals surface area contributed by atoms with Gasteiger partial charge < -0.3 is 0 Å². The van der Waals surface area contributed by atoms with Gasteiger partial charge in [0.25, 0.3) is 0 Å². The minimum atomic E-state index is 0.683. The van der Waals surface area contributed by atoms with Crippen LogP contribution in [-0.2, 0) is 0 Å². The summed E-state index contributed by atoms with van der Waals surface area (Å²) in [6.07, 6.45) is 11.8. The molecule has 0 N–H and O–H groups in total. The van der Waals surface area contributed by atoms with Crippen molar-refractivity contribution in [2.24, 2.45) is 0 Å². The lowest BCUT2D eigenvalue weighted by Crippen LogP contribution is -2.02. The van der Waals surface area contributed by atoms with Crippen LogP contribution < -0.4 is 10.6 Å². The van der Waals surface area contributed by atoms with E-state index in [1.54, 1.807) is 0 Å². The second-order valence-electron chi connectivity index (χ2n) is 8.42. The zero-order valence-electron chi connectivity index (χ0n) is 22.7. The summed E-state index contributed by atoms with van der Waals surface area (Å²) in [7, 11) is 0.683. The highest BCUT2D eigenvalue weighted by Gasteiger charge is 1.97. The summed E-state index contributed by atoms with van der Waals surface area (Å²) in [5.41, 5.74) is 4.45. The second-order valence-corrected chi connectivity index (χ2v) is 9.82. The molecule has 0 heterocycles. The topological polar surface area (TPSA) is 0 Å². The van der Waals surface area contributed by atoms with E-state index in [4.69, 9.17) is 0 Å². The molecule has 0 saturated heterocycles. The molecule has 0 aliphatic carbocycles. The van der Waals surface area contributed by atoms with Gasteiger partial charge in [0.1, 0.15) is 0 Å². The molecular formula is C34H45P. The lowest BCUT2D eigenvalue weighted by atomic mass is 10.1. The summed E-state index contributed by atoms with van der Waals surface area (Å²) in [5.74, 6) is 6.45. The molecule has 0 nitrogen and oxygen atoms in total. The molecule has 1 atom stereocenters. The molecule has 0 aromatic heterocycles. The largest absolute Gasteiger partial charge is 0.0985 e. The first-order valence-electron chi connectivity index (χ1n) is 13.3. The summed E-state index contributed by atoms with van der Waals surface area (Å²) >= 11 is 0. The lowest BCUT2D eigenvalue weighted by molar-refractivity contribution is 0.602. The zero-order chi connectivity index (χ0) is 25.7. The molecule has 0 aliphatic heterocycles. The van der Waals surface area contributed by atoms with Crippen molar-refractivity contribution < 1.29 is 0 Å². The Morgan fingerprint density at radius 2 is 1.20 bits per heavy atom. The first-order chi connectivity index (χ1) is 17.1. The highest BCUT2D eigenvalue weighted by atomic mass is 31.1. The highest BCUT2D eigenvalue weighted by molar-refractivity contribution is 7.55. The van der Waals surface area contributed by atoms with Gasteiger partial charge in [-0.2, -0.15) is 0 Å². The van der Waals surface area contributed by atoms with Crippen LogP contribution in [0.1, 0.15) is 94.9 Å². The maximum absolute atomic E-state index is 3.79. The molecule has 0 spiro atoms.